The van der Waals surface area contributed by atoms with Crippen molar-refractivity contribution in [1.29, 1.82) is 0 Å². The van der Waals surface area contributed by atoms with E-state index in [-0.39, 0.29) is 10.8 Å². The Balaban J connectivity index is 2.29. The summed E-state index contributed by atoms with van der Waals surface area (Å²) in [6.07, 6.45) is 1.14. The first kappa shape index (κ1) is 16.2. The molecule has 4 nitrogen and oxygen atoms in total. The number of hydrogen-bond acceptors (Lipinski definition) is 3. The summed E-state index contributed by atoms with van der Waals surface area (Å²) in [5.74, 6) is -0.188. The maximum absolute atomic E-state index is 12.6. The predicted octanol–water partition coefficient (Wildman–Crippen LogP) is 2.67. The fourth-order valence-corrected chi connectivity index (χ4v) is 2.84. The molecule has 0 saturated carbocycles. The van der Waals surface area contributed by atoms with Gasteiger partial charge in [0.05, 0.1) is 4.90 Å². The molecule has 0 spiro atoms. The van der Waals surface area contributed by atoms with Crippen LogP contribution in [0.25, 0.3) is 0 Å². The number of aryl methyl sites for hydroxylation is 1. The zero-order valence-electron chi connectivity index (χ0n) is 12.9. The molecule has 22 heavy (non-hydrogen) atoms. The van der Waals surface area contributed by atoms with Crippen molar-refractivity contribution in [1.82, 2.24) is 4.90 Å². The largest absolute Gasteiger partial charge is 0.337 e. The van der Waals surface area contributed by atoms with Crippen LogP contribution < -0.4 is 0 Å². The Morgan fingerprint density at radius 2 is 1.73 bits per heavy atom. The third kappa shape index (κ3) is 3.74. The summed E-state index contributed by atoms with van der Waals surface area (Å²) in [6, 6.07) is 14.3. The highest BCUT2D eigenvalue weighted by molar-refractivity contribution is 7.90. The summed E-state index contributed by atoms with van der Waals surface area (Å²) < 4.78 is 23.3. The molecule has 0 heterocycles. The maximum Gasteiger partial charge on any atom is 0.254 e. The second-order valence-electron chi connectivity index (χ2n) is 5.40. The zero-order valence-corrected chi connectivity index (χ0v) is 13.7. The van der Waals surface area contributed by atoms with Crippen LogP contribution in [-0.2, 0) is 16.4 Å². The van der Waals surface area contributed by atoms with Gasteiger partial charge in [0.15, 0.2) is 9.84 Å². The fraction of sp³-hybridized carbons (Fsp3) is 0.235. The summed E-state index contributed by atoms with van der Waals surface area (Å²) in [6.45, 7) is 2.28. The summed E-state index contributed by atoms with van der Waals surface area (Å²) in [5.41, 5.74) is 2.20. The molecule has 0 aliphatic rings. The van der Waals surface area contributed by atoms with Gasteiger partial charge in [0.2, 0.25) is 0 Å². The molecule has 0 atom stereocenters. The van der Waals surface area contributed by atoms with Crippen LogP contribution in [0.4, 0.5) is 0 Å². The number of sulfone groups is 1. The lowest BCUT2D eigenvalue weighted by Gasteiger charge is -2.19. The van der Waals surface area contributed by atoms with Crippen LogP contribution in [0.1, 0.15) is 21.5 Å². The van der Waals surface area contributed by atoms with Gasteiger partial charge in [0.1, 0.15) is 0 Å². The molecule has 0 fully saturated rings. The molecule has 0 aliphatic heterocycles. The van der Waals surface area contributed by atoms with Gasteiger partial charge in [-0.15, -0.1) is 0 Å². The molecule has 2 aromatic carbocycles. The minimum Gasteiger partial charge on any atom is -0.337 e. The van der Waals surface area contributed by atoms with Gasteiger partial charge in [0.25, 0.3) is 5.91 Å². The van der Waals surface area contributed by atoms with Crippen molar-refractivity contribution in [3.8, 4) is 0 Å². The second-order valence-corrected chi connectivity index (χ2v) is 7.41. The van der Waals surface area contributed by atoms with Crippen LogP contribution in [-0.4, -0.2) is 32.5 Å². The molecule has 2 rings (SSSR count). The number of amides is 1. The topological polar surface area (TPSA) is 54.5 Å². The lowest BCUT2D eigenvalue weighted by Crippen LogP contribution is -2.27. The Kier molecular flexibility index (Phi) is 4.66. The molecule has 0 unspecified atom stereocenters. The number of benzene rings is 2. The number of nitrogens with zero attached hydrogens (tertiary/aromatic N) is 1. The van der Waals surface area contributed by atoms with E-state index in [0.717, 1.165) is 17.4 Å². The number of carbonyl (C=O) groups excluding carboxylic acids is 1. The average Bonchev–Trinajstić information content (AvgIpc) is 2.46. The van der Waals surface area contributed by atoms with Crippen LogP contribution in [0.5, 0.6) is 0 Å². The van der Waals surface area contributed by atoms with Crippen molar-refractivity contribution in [3.63, 3.8) is 0 Å². The molecule has 1 amide bonds. The van der Waals surface area contributed by atoms with Gasteiger partial charge < -0.3 is 4.90 Å². The molecule has 2 aromatic rings. The Morgan fingerprint density at radius 1 is 1.09 bits per heavy atom. The van der Waals surface area contributed by atoms with E-state index in [9.17, 15) is 13.2 Å². The van der Waals surface area contributed by atoms with Gasteiger partial charge in [-0.1, -0.05) is 36.4 Å². The Labute approximate surface area is 131 Å². The van der Waals surface area contributed by atoms with Crippen LogP contribution in [0.15, 0.2) is 53.4 Å². The third-order valence-electron chi connectivity index (χ3n) is 3.48. The van der Waals surface area contributed by atoms with E-state index in [1.54, 1.807) is 24.9 Å². The molecule has 116 valence electrons. The molecule has 0 saturated heterocycles. The Bertz CT molecular complexity index is 783. The van der Waals surface area contributed by atoms with Crippen LogP contribution >= 0.6 is 0 Å². The first-order chi connectivity index (χ1) is 10.3. The van der Waals surface area contributed by atoms with Crippen molar-refractivity contribution in [2.45, 2.75) is 18.4 Å². The van der Waals surface area contributed by atoms with E-state index in [1.807, 2.05) is 30.3 Å². The minimum absolute atomic E-state index is 0.162. The second kappa shape index (κ2) is 6.32. The van der Waals surface area contributed by atoms with E-state index in [4.69, 9.17) is 0 Å². The lowest BCUT2D eigenvalue weighted by molar-refractivity contribution is 0.0784. The van der Waals surface area contributed by atoms with Gasteiger partial charge in [0, 0.05) is 25.4 Å². The molecule has 0 aliphatic carbocycles. The molecule has 0 aromatic heterocycles. The average molecular weight is 317 g/mol. The van der Waals surface area contributed by atoms with Crippen LogP contribution in [0, 0.1) is 6.92 Å². The summed E-state index contributed by atoms with van der Waals surface area (Å²) in [7, 11) is -1.62. The third-order valence-corrected chi connectivity index (χ3v) is 4.59. The van der Waals surface area contributed by atoms with E-state index < -0.39 is 9.84 Å². The first-order valence-electron chi connectivity index (χ1n) is 6.89. The molecular formula is C17H19NO3S. The SMILES string of the molecule is Cc1ccc(S(C)(=O)=O)cc1C(=O)N(C)Cc1ccccc1. The first-order valence-corrected chi connectivity index (χ1v) is 8.78. The van der Waals surface area contributed by atoms with Gasteiger partial charge in [-0.05, 0) is 30.2 Å². The van der Waals surface area contributed by atoms with Gasteiger partial charge >= 0.3 is 0 Å². The van der Waals surface area contributed by atoms with Crippen molar-refractivity contribution >= 4 is 15.7 Å². The van der Waals surface area contributed by atoms with Crippen molar-refractivity contribution in [3.05, 3.63) is 65.2 Å². The normalized spacial score (nSPS) is 11.2. The highest BCUT2D eigenvalue weighted by Gasteiger charge is 2.17. The molecule has 0 bridgehead atoms. The Hall–Kier alpha value is -2.14. The molecule has 0 N–H and O–H groups in total. The van der Waals surface area contributed by atoms with Crippen molar-refractivity contribution in [2.75, 3.05) is 13.3 Å². The quantitative estimate of drug-likeness (QED) is 0.871. The van der Waals surface area contributed by atoms with Gasteiger partial charge in [-0.25, -0.2) is 8.42 Å². The predicted molar refractivity (Wildman–Crippen MR) is 86.5 cm³/mol. The van der Waals surface area contributed by atoms with E-state index in [1.165, 1.54) is 12.1 Å². The minimum atomic E-state index is -3.33. The maximum atomic E-state index is 12.6. The Morgan fingerprint density at radius 3 is 2.32 bits per heavy atom. The summed E-state index contributed by atoms with van der Waals surface area (Å²) in [4.78, 5) is 14.3. The zero-order chi connectivity index (χ0) is 16.3. The number of hydrogen-bond donors (Lipinski definition) is 0. The van der Waals surface area contributed by atoms with Crippen molar-refractivity contribution < 1.29 is 13.2 Å². The van der Waals surface area contributed by atoms with E-state index >= 15 is 0 Å². The summed E-state index contributed by atoms with van der Waals surface area (Å²) in [5, 5.41) is 0. The van der Waals surface area contributed by atoms with E-state index in [0.29, 0.717) is 12.1 Å². The highest BCUT2D eigenvalue weighted by atomic mass is 32.2. The molecular weight excluding hydrogens is 298 g/mol. The molecule has 5 heteroatoms. The van der Waals surface area contributed by atoms with E-state index in [2.05, 4.69) is 0 Å². The standard InChI is InChI=1S/C17H19NO3S/c1-13-9-10-15(22(3,20)21)11-16(13)17(19)18(2)12-14-7-5-4-6-8-14/h4-11H,12H2,1-3H3. The molecule has 0 radical (unpaired) electrons. The van der Waals surface area contributed by atoms with Gasteiger partial charge in [-0.2, -0.15) is 0 Å². The van der Waals surface area contributed by atoms with Crippen molar-refractivity contribution in [2.24, 2.45) is 0 Å². The van der Waals surface area contributed by atoms with Crippen LogP contribution in [0.3, 0.4) is 0 Å². The van der Waals surface area contributed by atoms with Gasteiger partial charge in [-0.3, -0.25) is 4.79 Å². The number of rotatable bonds is 4. The lowest BCUT2D eigenvalue weighted by atomic mass is 10.1. The smallest absolute Gasteiger partial charge is 0.254 e. The highest BCUT2D eigenvalue weighted by Crippen LogP contribution is 2.18. The van der Waals surface area contributed by atoms with Crippen LogP contribution in [0.2, 0.25) is 0 Å². The fourth-order valence-electron chi connectivity index (χ4n) is 2.20. The summed E-state index contributed by atoms with van der Waals surface area (Å²) >= 11 is 0. The monoisotopic (exact) mass is 317 g/mol. The number of carbonyl (C=O) groups is 1.